The van der Waals surface area contributed by atoms with Gasteiger partial charge in [0.15, 0.2) is 0 Å². The molecule has 0 fully saturated rings. The molecule has 0 aliphatic carbocycles. The van der Waals surface area contributed by atoms with Crippen LogP contribution in [0.15, 0.2) is 11.7 Å². The second kappa shape index (κ2) is 5.76. The predicted octanol–water partition coefficient (Wildman–Crippen LogP) is 2.73. The minimum atomic E-state index is 1.12. The van der Waals surface area contributed by atoms with Crippen LogP contribution < -0.4 is 0 Å². The molecule has 0 atom stereocenters. The summed E-state index contributed by atoms with van der Waals surface area (Å²) in [4.78, 5) is 5.27. The molecule has 1 aromatic rings. The Morgan fingerprint density at radius 3 is 2.44 bits per heavy atom. The van der Waals surface area contributed by atoms with Crippen LogP contribution in [0, 0.1) is 0 Å². The summed E-state index contributed by atoms with van der Waals surface area (Å²) in [6.07, 6.45) is 3.02. The van der Waals surface area contributed by atoms with Gasteiger partial charge >= 0.3 is 0 Å². The molecular formula is C7H13NS. The summed E-state index contributed by atoms with van der Waals surface area (Å²) in [7, 11) is 0. The Bertz CT molecular complexity index is 123. The molecular weight excluding hydrogens is 130 g/mol. The molecule has 52 valence electrons. The van der Waals surface area contributed by atoms with Gasteiger partial charge in [0.1, 0.15) is 0 Å². The van der Waals surface area contributed by atoms with Crippen molar-refractivity contribution in [1.29, 1.82) is 0 Å². The summed E-state index contributed by atoms with van der Waals surface area (Å²) in [6, 6.07) is 0. The summed E-state index contributed by atoms with van der Waals surface area (Å²) < 4.78 is 0. The Morgan fingerprint density at radius 1 is 1.56 bits per heavy atom. The monoisotopic (exact) mass is 143 g/mol. The van der Waals surface area contributed by atoms with E-state index in [0.29, 0.717) is 0 Å². The van der Waals surface area contributed by atoms with Gasteiger partial charge in [0.25, 0.3) is 0 Å². The highest BCUT2D eigenvalue weighted by atomic mass is 32.1. The first-order valence-electron chi connectivity index (χ1n) is 3.31. The zero-order valence-electron chi connectivity index (χ0n) is 6.22. The van der Waals surface area contributed by atoms with Gasteiger partial charge in [0.05, 0.1) is 5.51 Å². The Kier molecular flexibility index (Phi) is 5.52. The van der Waals surface area contributed by atoms with E-state index in [4.69, 9.17) is 0 Å². The van der Waals surface area contributed by atoms with Crippen molar-refractivity contribution >= 4 is 11.3 Å². The van der Waals surface area contributed by atoms with Gasteiger partial charge in [-0.15, -0.1) is 11.3 Å². The van der Waals surface area contributed by atoms with Gasteiger partial charge in [-0.05, 0) is 6.42 Å². The topological polar surface area (TPSA) is 12.9 Å². The van der Waals surface area contributed by atoms with Crippen molar-refractivity contribution in [2.24, 2.45) is 0 Å². The Labute approximate surface area is 60.8 Å². The standard InChI is InChI=1S/C5H7NS.C2H6/c1-2-5-3-6-4-7-5;1-2/h3-4H,2H2,1H3;1-2H3. The zero-order valence-corrected chi connectivity index (χ0v) is 7.03. The molecule has 0 aliphatic heterocycles. The fourth-order valence-electron chi connectivity index (χ4n) is 0.417. The average molecular weight is 143 g/mol. The lowest BCUT2D eigenvalue weighted by Crippen LogP contribution is -1.64. The minimum absolute atomic E-state index is 1.12. The molecule has 1 rings (SSSR count). The summed E-state index contributed by atoms with van der Waals surface area (Å²) in [5.41, 5.74) is 1.86. The third kappa shape index (κ3) is 3.25. The van der Waals surface area contributed by atoms with E-state index in [9.17, 15) is 0 Å². The second-order valence-electron chi connectivity index (χ2n) is 1.32. The molecule has 0 radical (unpaired) electrons. The number of nitrogens with zero attached hydrogens (tertiary/aromatic N) is 1. The van der Waals surface area contributed by atoms with Crippen molar-refractivity contribution in [2.75, 3.05) is 0 Å². The van der Waals surface area contributed by atoms with Crippen molar-refractivity contribution in [3.05, 3.63) is 16.6 Å². The fourth-order valence-corrected chi connectivity index (χ4v) is 0.962. The normalized spacial score (nSPS) is 7.89. The smallest absolute Gasteiger partial charge is 0.0794 e. The van der Waals surface area contributed by atoms with Crippen LogP contribution in [0.5, 0.6) is 0 Å². The second-order valence-corrected chi connectivity index (χ2v) is 2.29. The highest BCUT2D eigenvalue weighted by Crippen LogP contribution is 2.03. The molecule has 2 heteroatoms. The lowest BCUT2D eigenvalue weighted by Gasteiger charge is -1.76. The Balaban J connectivity index is 0.000000291. The lowest BCUT2D eigenvalue weighted by atomic mass is 10.4. The molecule has 0 saturated heterocycles. The first-order valence-corrected chi connectivity index (χ1v) is 4.19. The van der Waals surface area contributed by atoms with Gasteiger partial charge in [0, 0.05) is 11.1 Å². The van der Waals surface area contributed by atoms with E-state index >= 15 is 0 Å². The average Bonchev–Trinajstić information content (AvgIpc) is 2.43. The van der Waals surface area contributed by atoms with E-state index in [2.05, 4.69) is 11.9 Å². The van der Waals surface area contributed by atoms with Crippen LogP contribution >= 0.6 is 11.3 Å². The van der Waals surface area contributed by atoms with Crippen molar-refractivity contribution in [1.82, 2.24) is 4.98 Å². The fraction of sp³-hybridized carbons (Fsp3) is 0.571. The molecule has 0 bridgehead atoms. The molecule has 0 amide bonds. The molecule has 1 nitrogen and oxygen atoms in total. The van der Waals surface area contributed by atoms with Gasteiger partial charge in [-0.2, -0.15) is 0 Å². The first-order chi connectivity index (χ1) is 4.43. The highest BCUT2D eigenvalue weighted by molar-refractivity contribution is 7.09. The molecule has 0 aliphatic rings. The zero-order chi connectivity index (χ0) is 7.11. The molecule has 0 unspecified atom stereocenters. The SMILES string of the molecule is CC.CCc1cncs1. The Morgan fingerprint density at radius 2 is 2.22 bits per heavy atom. The number of hydrogen-bond donors (Lipinski definition) is 0. The summed E-state index contributed by atoms with van der Waals surface area (Å²) in [5.74, 6) is 0. The number of aryl methyl sites for hydroxylation is 1. The Hall–Kier alpha value is -0.370. The van der Waals surface area contributed by atoms with Crippen LogP contribution in [-0.4, -0.2) is 4.98 Å². The van der Waals surface area contributed by atoms with Gasteiger partial charge in [-0.1, -0.05) is 20.8 Å². The van der Waals surface area contributed by atoms with Crippen molar-refractivity contribution in [2.45, 2.75) is 27.2 Å². The van der Waals surface area contributed by atoms with Crippen molar-refractivity contribution < 1.29 is 0 Å². The van der Waals surface area contributed by atoms with Crippen LogP contribution in [-0.2, 0) is 6.42 Å². The minimum Gasteiger partial charge on any atom is -0.253 e. The molecule has 0 spiro atoms. The van der Waals surface area contributed by atoms with Gasteiger partial charge in [-0.25, -0.2) is 0 Å². The van der Waals surface area contributed by atoms with E-state index in [1.165, 1.54) is 4.88 Å². The van der Waals surface area contributed by atoms with E-state index in [-0.39, 0.29) is 0 Å². The van der Waals surface area contributed by atoms with Crippen molar-refractivity contribution in [3.63, 3.8) is 0 Å². The predicted molar refractivity (Wildman–Crippen MR) is 42.8 cm³/mol. The van der Waals surface area contributed by atoms with Crippen molar-refractivity contribution in [3.8, 4) is 0 Å². The number of thiazole rings is 1. The van der Waals surface area contributed by atoms with Crippen LogP contribution in [0.1, 0.15) is 25.6 Å². The number of aromatic nitrogens is 1. The molecule has 1 heterocycles. The van der Waals surface area contributed by atoms with Crippen LogP contribution in [0.2, 0.25) is 0 Å². The van der Waals surface area contributed by atoms with Gasteiger partial charge in [-0.3, -0.25) is 4.98 Å². The van der Waals surface area contributed by atoms with Gasteiger partial charge < -0.3 is 0 Å². The third-order valence-electron chi connectivity index (χ3n) is 0.832. The molecule has 0 aromatic carbocycles. The maximum absolute atomic E-state index is 3.91. The summed E-state index contributed by atoms with van der Waals surface area (Å²) in [6.45, 7) is 6.13. The maximum Gasteiger partial charge on any atom is 0.0794 e. The van der Waals surface area contributed by atoms with E-state index < -0.39 is 0 Å². The van der Waals surface area contributed by atoms with Crippen LogP contribution in [0.3, 0.4) is 0 Å². The first kappa shape index (κ1) is 8.63. The van der Waals surface area contributed by atoms with Crippen LogP contribution in [0.4, 0.5) is 0 Å². The number of hydrogen-bond acceptors (Lipinski definition) is 2. The quantitative estimate of drug-likeness (QED) is 0.589. The largest absolute Gasteiger partial charge is 0.253 e. The molecule has 1 aromatic heterocycles. The summed E-state index contributed by atoms with van der Waals surface area (Å²) >= 11 is 1.71. The van der Waals surface area contributed by atoms with E-state index in [1.807, 2.05) is 25.6 Å². The summed E-state index contributed by atoms with van der Waals surface area (Å²) in [5, 5.41) is 0. The third-order valence-corrected chi connectivity index (χ3v) is 1.76. The molecule has 9 heavy (non-hydrogen) atoms. The maximum atomic E-state index is 3.91. The number of rotatable bonds is 1. The highest BCUT2D eigenvalue weighted by Gasteiger charge is 1.84. The van der Waals surface area contributed by atoms with Crippen LogP contribution in [0.25, 0.3) is 0 Å². The van der Waals surface area contributed by atoms with E-state index in [0.717, 1.165) is 6.42 Å². The molecule has 0 N–H and O–H groups in total. The van der Waals surface area contributed by atoms with E-state index in [1.54, 1.807) is 11.3 Å². The van der Waals surface area contributed by atoms with Gasteiger partial charge in [0.2, 0.25) is 0 Å². The molecule has 0 saturated carbocycles. The lowest BCUT2D eigenvalue weighted by molar-refractivity contribution is 1.17.